The number of rotatable bonds is 4. The van der Waals surface area contributed by atoms with Gasteiger partial charge in [-0.25, -0.2) is 4.68 Å². The Hall–Kier alpha value is -3.16. The standard InChI is InChI=1S/C22H19ClN4O2S/c1-13-16-12-19(30-22(16)27(25-13)18-10-5-4-9-17(18)23)20(28)24-15-8-6-7-14(11-15)21(29)26(2)3/h4-12H,1-3H3,(H,24,28). The van der Waals surface area contributed by atoms with Crippen molar-refractivity contribution in [1.82, 2.24) is 14.7 Å². The van der Waals surface area contributed by atoms with E-state index in [1.165, 1.54) is 16.2 Å². The maximum atomic E-state index is 12.9. The van der Waals surface area contributed by atoms with Crippen LogP contribution in [0, 0.1) is 6.92 Å². The van der Waals surface area contributed by atoms with Gasteiger partial charge in [-0.3, -0.25) is 9.59 Å². The van der Waals surface area contributed by atoms with E-state index in [-0.39, 0.29) is 11.8 Å². The molecule has 2 aromatic carbocycles. The van der Waals surface area contributed by atoms with Crippen LogP contribution in [0.25, 0.3) is 15.9 Å². The molecule has 0 fully saturated rings. The van der Waals surface area contributed by atoms with Crippen LogP contribution in [0.1, 0.15) is 25.7 Å². The van der Waals surface area contributed by atoms with E-state index in [4.69, 9.17) is 11.6 Å². The van der Waals surface area contributed by atoms with Gasteiger partial charge in [-0.2, -0.15) is 5.10 Å². The molecule has 152 valence electrons. The highest BCUT2D eigenvalue weighted by atomic mass is 35.5. The Labute approximate surface area is 182 Å². The van der Waals surface area contributed by atoms with Crippen LogP contribution in [0.3, 0.4) is 0 Å². The van der Waals surface area contributed by atoms with Crippen LogP contribution < -0.4 is 5.32 Å². The van der Waals surface area contributed by atoms with Gasteiger partial charge in [0.05, 0.1) is 21.3 Å². The molecule has 0 saturated heterocycles. The van der Waals surface area contributed by atoms with E-state index in [2.05, 4.69) is 10.4 Å². The number of hydrogen-bond acceptors (Lipinski definition) is 4. The summed E-state index contributed by atoms with van der Waals surface area (Å²) < 4.78 is 1.77. The number of halogens is 1. The van der Waals surface area contributed by atoms with Crippen molar-refractivity contribution in [3.8, 4) is 5.69 Å². The zero-order chi connectivity index (χ0) is 21.4. The van der Waals surface area contributed by atoms with E-state index in [0.29, 0.717) is 21.2 Å². The van der Waals surface area contributed by atoms with Crippen molar-refractivity contribution in [2.45, 2.75) is 6.92 Å². The molecule has 0 aliphatic carbocycles. The van der Waals surface area contributed by atoms with Crippen LogP contribution >= 0.6 is 22.9 Å². The first-order valence-corrected chi connectivity index (χ1v) is 10.4. The maximum Gasteiger partial charge on any atom is 0.265 e. The average Bonchev–Trinajstić information content (AvgIpc) is 3.29. The predicted molar refractivity (Wildman–Crippen MR) is 121 cm³/mol. The van der Waals surface area contributed by atoms with Gasteiger partial charge >= 0.3 is 0 Å². The minimum Gasteiger partial charge on any atom is -0.345 e. The Bertz CT molecular complexity index is 1280. The van der Waals surface area contributed by atoms with Gasteiger partial charge in [-0.1, -0.05) is 29.8 Å². The van der Waals surface area contributed by atoms with Gasteiger partial charge < -0.3 is 10.2 Å². The second-order valence-electron chi connectivity index (χ2n) is 7.01. The lowest BCUT2D eigenvalue weighted by Crippen LogP contribution is -2.21. The summed E-state index contributed by atoms with van der Waals surface area (Å²) >= 11 is 7.69. The molecule has 0 radical (unpaired) electrons. The van der Waals surface area contributed by atoms with Crippen LogP contribution in [-0.4, -0.2) is 40.6 Å². The van der Waals surface area contributed by atoms with E-state index in [9.17, 15) is 9.59 Å². The summed E-state index contributed by atoms with van der Waals surface area (Å²) in [5.74, 6) is -0.362. The number of thiophene rings is 1. The predicted octanol–water partition coefficient (Wildman–Crippen LogP) is 5.00. The fourth-order valence-corrected chi connectivity index (χ4v) is 4.41. The minimum absolute atomic E-state index is 0.122. The average molecular weight is 439 g/mol. The van der Waals surface area contributed by atoms with Gasteiger partial charge in [0, 0.05) is 30.7 Å². The number of aryl methyl sites for hydroxylation is 1. The minimum atomic E-state index is -0.240. The third-order valence-electron chi connectivity index (χ3n) is 4.62. The summed E-state index contributed by atoms with van der Waals surface area (Å²) in [6.07, 6.45) is 0. The Morgan fingerprint density at radius 1 is 1.10 bits per heavy atom. The van der Waals surface area contributed by atoms with Crippen molar-refractivity contribution >= 4 is 50.7 Å². The summed E-state index contributed by atoms with van der Waals surface area (Å²) in [6.45, 7) is 1.90. The number of nitrogens with zero attached hydrogens (tertiary/aromatic N) is 3. The molecule has 0 unspecified atom stereocenters. The molecule has 2 aromatic heterocycles. The molecule has 4 rings (SSSR count). The van der Waals surface area contributed by atoms with E-state index < -0.39 is 0 Å². The van der Waals surface area contributed by atoms with E-state index in [0.717, 1.165) is 21.6 Å². The smallest absolute Gasteiger partial charge is 0.265 e. The van der Waals surface area contributed by atoms with Gasteiger partial charge in [-0.05, 0) is 43.3 Å². The third-order valence-corrected chi connectivity index (χ3v) is 6.05. The van der Waals surface area contributed by atoms with Gasteiger partial charge in [0.1, 0.15) is 4.83 Å². The zero-order valence-electron chi connectivity index (χ0n) is 16.6. The molecule has 0 atom stereocenters. The number of anilines is 1. The Morgan fingerprint density at radius 2 is 1.87 bits per heavy atom. The summed E-state index contributed by atoms with van der Waals surface area (Å²) in [7, 11) is 3.38. The van der Waals surface area contributed by atoms with Gasteiger partial charge in [0.2, 0.25) is 0 Å². The van der Waals surface area contributed by atoms with E-state index in [1.54, 1.807) is 43.0 Å². The molecule has 1 N–H and O–H groups in total. The topological polar surface area (TPSA) is 67.2 Å². The van der Waals surface area contributed by atoms with Crippen molar-refractivity contribution in [3.05, 3.63) is 75.8 Å². The number of amides is 2. The summed E-state index contributed by atoms with van der Waals surface area (Å²) in [5.41, 5.74) is 2.66. The maximum absolute atomic E-state index is 12.9. The second-order valence-corrected chi connectivity index (χ2v) is 8.45. The van der Waals surface area contributed by atoms with E-state index in [1.807, 2.05) is 37.3 Å². The Morgan fingerprint density at radius 3 is 2.60 bits per heavy atom. The molecule has 2 heterocycles. The lowest BCUT2D eigenvalue weighted by atomic mass is 10.2. The molecule has 4 aromatic rings. The van der Waals surface area contributed by atoms with Crippen molar-refractivity contribution < 1.29 is 9.59 Å². The number of para-hydroxylation sites is 1. The van der Waals surface area contributed by atoms with Crippen LogP contribution in [0.15, 0.2) is 54.6 Å². The fraction of sp³-hybridized carbons (Fsp3) is 0.136. The zero-order valence-corrected chi connectivity index (χ0v) is 18.2. The number of carbonyl (C=O) groups excluding carboxylic acids is 2. The molecule has 0 spiro atoms. The molecule has 0 saturated carbocycles. The largest absolute Gasteiger partial charge is 0.345 e. The van der Waals surface area contributed by atoms with E-state index >= 15 is 0 Å². The van der Waals surface area contributed by atoms with Crippen LogP contribution in [0.4, 0.5) is 5.69 Å². The molecule has 0 aliphatic heterocycles. The molecule has 2 amide bonds. The molecule has 0 aliphatic rings. The first-order chi connectivity index (χ1) is 14.3. The van der Waals surface area contributed by atoms with Crippen LogP contribution in [0.5, 0.6) is 0 Å². The molecule has 6 nitrogen and oxygen atoms in total. The van der Waals surface area contributed by atoms with Gasteiger partial charge in [0.25, 0.3) is 11.8 Å². The Balaban J connectivity index is 1.65. The second kappa shape index (κ2) is 7.93. The van der Waals surface area contributed by atoms with Crippen molar-refractivity contribution in [2.24, 2.45) is 0 Å². The van der Waals surface area contributed by atoms with Crippen LogP contribution in [0.2, 0.25) is 5.02 Å². The van der Waals surface area contributed by atoms with Gasteiger partial charge in [-0.15, -0.1) is 11.3 Å². The number of aromatic nitrogens is 2. The van der Waals surface area contributed by atoms with Crippen molar-refractivity contribution in [3.63, 3.8) is 0 Å². The summed E-state index contributed by atoms with van der Waals surface area (Å²) in [6, 6.07) is 16.2. The Kier molecular flexibility index (Phi) is 5.32. The molecule has 30 heavy (non-hydrogen) atoms. The van der Waals surface area contributed by atoms with Crippen molar-refractivity contribution in [2.75, 3.05) is 19.4 Å². The summed E-state index contributed by atoms with van der Waals surface area (Å²) in [4.78, 5) is 27.9. The van der Waals surface area contributed by atoms with Crippen LogP contribution in [-0.2, 0) is 0 Å². The molecule has 0 bridgehead atoms. The van der Waals surface area contributed by atoms with Crippen molar-refractivity contribution in [1.29, 1.82) is 0 Å². The number of fused-ring (bicyclic) bond motifs is 1. The highest BCUT2D eigenvalue weighted by Gasteiger charge is 2.19. The number of hydrogen-bond donors (Lipinski definition) is 1. The first kappa shape index (κ1) is 20.1. The lowest BCUT2D eigenvalue weighted by Gasteiger charge is -2.11. The SMILES string of the molecule is Cc1nn(-c2ccccc2Cl)c2sc(C(=O)Nc3cccc(C(=O)N(C)C)c3)cc12. The number of nitrogens with one attached hydrogen (secondary N) is 1. The lowest BCUT2D eigenvalue weighted by molar-refractivity contribution is 0.0827. The summed E-state index contributed by atoms with van der Waals surface area (Å²) in [5, 5.41) is 8.95. The molecule has 8 heteroatoms. The quantitative estimate of drug-likeness (QED) is 0.487. The third kappa shape index (κ3) is 3.69. The highest BCUT2D eigenvalue weighted by Crippen LogP contribution is 2.32. The fourth-order valence-electron chi connectivity index (χ4n) is 3.13. The monoisotopic (exact) mass is 438 g/mol. The normalized spacial score (nSPS) is 10.9. The highest BCUT2D eigenvalue weighted by molar-refractivity contribution is 7.20. The molecular weight excluding hydrogens is 420 g/mol. The van der Waals surface area contributed by atoms with Gasteiger partial charge in [0.15, 0.2) is 0 Å². The first-order valence-electron chi connectivity index (χ1n) is 9.22. The number of benzene rings is 2. The number of carbonyl (C=O) groups is 2. The molecular formula is C22H19ClN4O2S.